The average molecular weight is 484 g/mol. The van der Waals surface area contributed by atoms with Crippen molar-refractivity contribution in [2.75, 3.05) is 11.1 Å². The first kappa shape index (κ1) is 21.4. The molecule has 0 bridgehead atoms. The van der Waals surface area contributed by atoms with E-state index in [1.165, 1.54) is 15.9 Å². The quantitative estimate of drug-likeness (QED) is 0.263. The van der Waals surface area contributed by atoms with E-state index in [1.54, 1.807) is 6.07 Å². The molecule has 5 rings (SSSR count). The van der Waals surface area contributed by atoms with E-state index in [2.05, 4.69) is 10.3 Å². The number of nitrogens with zero attached hydrogens (tertiary/aromatic N) is 2. The smallest absolute Gasteiger partial charge is 0.298 e. The van der Waals surface area contributed by atoms with Crippen molar-refractivity contribution in [2.24, 2.45) is 0 Å². The van der Waals surface area contributed by atoms with Gasteiger partial charge in [-0.25, -0.2) is 13.8 Å². The molecule has 0 aliphatic rings. The van der Waals surface area contributed by atoms with E-state index in [4.69, 9.17) is 4.42 Å². The molecule has 1 N–H and O–H groups in total. The molecule has 0 radical (unpaired) electrons. The highest BCUT2D eigenvalue weighted by atomic mass is 32.2. The summed E-state index contributed by atoms with van der Waals surface area (Å²) in [5.41, 5.74) is 0.645. The van der Waals surface area contributed by atoms with E-state index in [1.807, 2.05) is 35.7 Å². The summed E-state index contributed by atoms with van der Waals surface area (Å²) in [5, 5.41) is 5.36. The van der Waals surface area contributed by atoms with Gasteiger partial charge in [0, 0.05) is 16.3 Å². The van der Waals surface area contributed by atoms with Crippen LogP contribution in [0.3, 0.4) is 0 Å². The van der Waals surface area contributed by atoms with Gasteiger partial charge in [0.15, 0.2) is 5.16 Å². The van der Waals surface area contributed by atoms with Crippen LogP contribution in [0.4, 0.5) is 14.5 Å². The lowest BCUT2D eigenvalue weighted by molar-refractivity contribution is -0.113. The molecular weight excluding hydrogens is 468 g/mol. The zero-order chi connectivity index (χ0) is 22.9. The molecule has 2 aromatic carbocycles. The first-order valence-corrected chi connectivity index (χ1v) is 11.7. The van der Waals surface area contributed by atoms with Gasteiger partial charge in [-0.2, -0.15) is 0 Å². The van der Waals surface area contributed by atoms with Crippen LogP contribution < -0.4 is 10.9 Å². The van der Waals surface area contributed by atoms with Crippen LogP contribution in [0.15, 0.2) is 74.3 Å². The fourth-order valence-corrected chi connectivity index (χ4v) is 4.85. The number of carbonyl (C=O) groups excluding carboxylic acids is 1. The molecule has 6 nitrogen and oxygen atoms in total. The van der Waals surface area contributed by atoms with E-state index in [0.29, 0.717) is 27.7 Å². The van der Waals surface area contributed by atoms with Gasteiger partial charge < -0.3 is 9.73 Å². The molecule has 3 heterocycles. The number of hydrogen-bond donors (Lipinski definition) is 1. The molecule has 5 aromatic rings. The zero-order valence-electron chi connectivity index (χ0n) is 16.9. The number of amides is 1. The lowest BCUT2D eigenvalue weighted by atomic mass is 10.2. The highest BCUT2D eigenvalue weighted by Crippen LogP contribution is 2.28. The third kappa shape index (κ3) is 4.27. The second-order valence-corrected chi connectivity index (χ2v) is 9.08. The number of hydrogen-bond acceptors (Lipinski definition) is 6. The van der Waals surface area contributed by atoms with Crippen molar-refractivity contribution in [3.63, 3.8) is 0 Å². The summed E-state index contributed by atoms with van der Waals surface area (Å²) in [6.45, 7) is 0.271. The molecule has 0 saturated heterocycles. The molecule has 33 heavy (non-hydrogen) atoms. The average Bonchev–Trinajstić information content (AvgIpc) is 3.44. The van der Waals surface area contributed by atoms with Crippen molar-refractivity contribution in [2.45, 2.75) is 11.7 Å². The normalized spacial score (nSPS) is 11.3. The van der Waals surface area contributed by atoms with Gasteiger partial charge in [0.05, 0.1) is 18.0 Å². The molecule has 166 valence electrons. The molecule has 0 unspecified atom stereocenters. The molecule has 1 amide bonds. The Balaban J connectivity index is 1.49. The number of aromatic nitrogens is 2. The summed E-state index contributed by atoms with van der Waals surface area (Å²) < 4.78 is 34.2. The van der Waals surface area contributed by atoms with Gasteiger partial charge in [0.25, 0.3) is 5.56 Å². The zero-order valence-corrected chi connectivity index (χ0v) is 18.5. The maximum Gasteiger partial charge on any atom is 0.298 e. The van der Waals surface area contributed by atoms with Crippen molar-refractivity contribution >= 4 is 56.8 Å². The standard InChI is InChI=1S/C23H15F2N3O3S2/c24-13-7-8-17(16(25)10-13)26-19(29)12-33-23-27-20-15-5-1-2-6-18(15)31-21(20)22(30)28(23)11-14-4-3-9-32-14/h1-10H,11-12H2,(H,26,29). The summed E-state index contributed by atoms with van der Waals surface area (Å²) in [6, 6.07) is 13.9. The van der Waals surface area contributed by atoms with Crippen molar-refractivity contribution < 1.29 is 18.0 Å². The summed E-state index contributed by atoms with van der Waals surface area (Å²) in [7, 11) is 0. The molecule has 3 aromatic heterocycles. The minimum atomic E-state index is -0.868. The third-order valence-corrected chi connectivity index (χ3v) is 6.72. The van der Waals surface area contributed by atoms with Crippen molar-refractivity contribution in [1.29, 1.82) is 0 Å². The third-order valence-electron chi connectivity index (χ3n) is 4.88. The largest absolute Gasteiger partial charge is 0.448 e. The SMILES string of the molecule is O=C(CSc1nc2c(oc3ccccc32)c(=O)n1Cc1cccs1)Nc1ccc(F)cc1F. The Kier molecular flexibility index (Phi) is 5.69. The van der Waals surface area contributed by atoms with Crippen molar-refractivity contribution in [3.05, 3.63) is 86.8 Å². The minimum absolute atomic E-state index is 0.123. The number of benzene rings is 2. The van der Waals surface area contributed by atoms with Crippen LogP contribution in [-0.4, -0.2) is 21.2 Å². The fourth-order valence-electron chi connectivity index (χ4n) is 3.37. The van der Waals surface area contributed by atoms with E-state index in [0.717, 1.165) is 28.8 Å². The predicted molar refractivity (Wildman–Crippen MR) is 125 cm³/mol. The van der Waals surface area contributed by atoms with Gasteiger partial charge in [0.2, 0.25) is 11.5 Å². The van der Waals surface area contributed by atoms with Crippen molar-refractivity contribution in [3.8, 4) is 0 Å². The fraction of sp³-hybridized carbons (Fsp3) is 0.0870. The number of rotatable bonds is 6. The first-order chi connectivity index (χ1) is 16.0. The highest BCUT2D eigenvalue weighted by Gasteiger charge is 2.19. The number of nitrogens with one attached hydrogen (secondary N) is 1. The maximum absolute atomic E-state index is 13.9. The molecule has 0 spiro atoms. The van der Waals surface area contributed by atoms with Crippen LogP contribution in [0.2, 0.25) is 0 Å². The second kappa shape index (κ2) is 8.80. The minimum Gasteiger partial charge on any atom is -0.448 e. The van der Waals surface area contributed by atoms with Crippen LogP contribution in [-0.2, 0) is 11.3 Å². The van der Waals surface area contributed by atoms with Crippen LogP contribution in [0.5, 0.6) is 0 Å². The number of carbonyl (C=O) groups is 1. The summed E-state index contributed by atoms with van der Waals surface area (Å²) >= 11 is 2.55. The van der Waals surface area contributed by atoms with Gasteiger partial charge in [-0.05, 0) is 35.7 Å². The number of fused-ring (bicyclic) bond motifs is 3. The lowest BCUT2D eigenvalue weighted by Crippen LogP contribution is -2.24. The number of anilines is 1. The Morgan fingerprint density at radius 2 is 2.00 bits per heavy atom. The van der Waals surface area contributed by atoms with Crippen LogP contribution in [0, 0.1) is 11.6 Å². The van der Waals surface area contributed by atoms with E-state index < -0.39 is 17.5 Å². The maximum atomic E-state index is 13.9. The topological polar surface area (TPSA) is 77.1 Å². The van der Waals surface area contributed by atoms with Crippen LogP contribution >= 0.6 is 23.1 Å². The van der Waals surface area contributed by atoms with Gasteiger partial charge in [-0.1, -0.05) is 30.0 Å². The van der Waals surface area contributed by atoms with Gasteiger partial charge in [0.1, 0.15) is 22.7 Å². The van der Waals surface area contributed by atoms with E-state index in [9.17, 15) is 18.4 Å². The van der Waals surface area contributed by atoms with Gasteiger partial charge in [-0.15, -0.1) is 11.3 Å². The molecule has 0 atom stereocenters. The first-order valence-electron chi connectivity index (χ1n) is 9.82. The van der Waals surface area contributed by atoms with E-state index >= 15 is 0 Å². The summed E-state index contributed by atoms with van der Waals surface area (Å²) in [6.07, 6.45) is 0. The summed E-state index contributed by atoms with van der Waals surface area (Å²) in [5.74, 6) is -2.25. The second-order valence-electron chi connectivity index (χ2n) is 7.10. The number of thiophene rings is 1. The number of para-hydroxylation sites is 1. The molecular formula is C23H15F2N3O3S2. The van der Waals surface area contributed by atoms with Crippen molar-refractivity contribution in [1.82, 2.24) is 9.55 Å². The van der Waals surface area contributed by atoms with Crippen LogP contribution in [0.25, 0.3) is 22.1 Å². The Labute approximate surface area is 193 Å². The van der Waals surface area contributed by atoms with Gasteiger partial charge >= 0.3 is 0 Å². The predicted octanol–water partition coefficient (Wildman–Crippen LogP) is 5.26. The number of furan rings is 1. The molecule has 0 aliphatic carbocycles. The van der Waals surface area contributed by atoms with Crippen LogP contribution in [0.1, 0.15) is 4.88 Å². The lowest BCUT2D eigenvalue weighted by Gasteiger charge is -2.11. The van der Waals surface area contributed by atoms with Gasteiger partial charge in [-0.3, -0.25) is 14.2 Å². The molecule has 0 saturated carbocycles. The Bertz CT molecular complexity index is 1540. The molecule has 10 heteroatoms. The Morgan fingerprint density at radius 3 is 2.79 bits per heavy atom. The monoisotopic (exact) mass is 483 g/mol. The summed E-state index contributed by atoms with van der Waals surface area (Å²) in [4.78, 5) is 31.3. The Morgan fingerprint density at radius 1 is 1.15 bits per heavy atom. The van der Waals surface area contributed by atoms with E-state index in [-0.39, 0.29) is 29.1 Å². The Hall–Kier alpha value is -3.50. The molecule has 0 fully saturated rings. The number of halogens is 2. The molecule has 0 aliphatic heterocycles. The highest BCUT2D eigenvalue weighted by molar-refractivity contribution is 7.99. The number of thioether (sulfide) groups is 1.